The first-order chi connectivity index (χ1) is 15.1. The number of hydrogen-bond acceptors (Lipinski definition) is 5. The quantitative estimate of drug-likeness (QED) is 0.730. The van der Waals surface area contributed by atoms with Crippen LogP contribution in [-0.4, -0.2) is 47.1 Å². The van der Waals surface area contributed by atoms with Crippen molar-refractivity contribution in [2.45, 2.75) is 56.8 Å². The van der Waals surface area contributed by atoms with Gasteiger partial charge in [0.2, 0.25) is 5.91 Å². The maximum atomic E-state index is 12.8. The van der Waals surface area contributed by atoms with E-state index in [9.17, 15) is 22.8 Å². The number of carbonyl (C=O) groups is 2. The molecule has 4 bridgehead atoms. The molecule has 7 nitrogen and oxygen atoms in total. The largest absolute Gasteiger partial charge is 0.446 e. The number of primary amides is 1. The second kappa shape index (κ2) is 7.52. The maximum Gasteiger partial charge on any atom is 0.417 e. The fourth-order valence-corrected chi connectivity index (χ4v) is 6.56. The highest BCUT2D eigenvalue weighted by molar-refractivity contribution is 5.81. The van der Waals surface area contributed by atoms with Gasteiger partial charge in [-0.1, -0.05) is 0 Å². The van der Waals surface area contributed by atoms with E-state index in [1.807, 2.05) is 0 Å². The molecule has 2 amide bonds. The van der Waals surface area contributed by atoms with Gasteiger partial charge in [-0.3, -0.25) is 4.79 Å². The number of aromatic nitrogens is 1. The Bertz CT molecular complexity index is 891. The number of pyridine rings is 1. The molecule has 1 saturated heterocycles. The molecule has 0 spiro atoms. The molecule has 4 saturated carbocycles. The van der Waals surface area contributed by atoms with Crippen LogP contribution >= 0.6 is 0 Å². The summed E-state index contributed by atoms with van der Waals surface area (Å²) in [5.74, 6) is 0.991. The third kappa shape index (κ3) is 3.77. The Morgan fingerprint density at radius 3 is 2.50 bits per heavy atom. The van der Waals surface area contributed by atoms with Gasteiger partial charge in [-0.05, 0) is 68.4 Å². The highest BCUT2D eigenvalue weighted by Gasteiger charge is 2.59. The average Bonchev–Trinajstić information content (AvgIpc) is 3.18. The summed E-state index contributed by atoms with van der Waals surface area (Å²) in [7, 11) is 0. The number of nitrogens with one attached hydrogen (secondary N) is 1. The molecule has 174 valence electrons. The number of amides is 2. The van der Waals surface area contributed by atoms with Gasteiger partial charge in [0.05, 0.1) is 11.0 Å². The van der Waals surface area contributed by atoms with E-state index < -0.39 is 17.2 Å². The van der Waals surface area contributed by atoms with Crippen molar-refractivity contribution in [2.24, 2.45) is 28.9 Å². The lowest BCUT2D eigenvalue weighted by Gasteiger charge is -2.58. The molecule has 10 heteroatoms. The number of rotatable bonds is 4. The number of nitrogens with two attached hydrogens (primary N) is 1. The Morgan fingerprint density at radius 2 is 1.91 bits per heavy atom. The summed E-state index contributed by atoms with van der Waals surface area (Å²) in [6.45, 7) is 0.907. The van der Waals surface area contributed by atoms with Crippen molar-refractivity contribution < 1.29 is 27.5 Å². The minimum Gasteiger partial charge on any atom is -0.446 e. The number of ether oxygens (including phenoxy) is 1. The monoisotopic (exact) mass is 452 g/mol. The Hall–Kier alpha value is -2.52. The molecule has 6 atom stereocenters. The zero-order valence-corrected chi connectivity index (χ0v) is 17.6. The van der Waals surface area contributed by atoms with E-state index in [1.54, 1.807) is 4.90 Å². The van der Waals surface area contributed by atoms with E-state index >= 15 is 0 Å². The van der Waals surface area contributed by atoms with Crippen LogP contribution < -0.4 is 11.1 Å². The lowest BCUT2D eigenvalue weighted by molar-refractivity contribution is -0.161. The van der Waals surface area contributed by atoms with Gasteiger partial charge < -0.3 is 20.7 Å². The van der Waals surface area contributed by atoms with Gasteiger partial charge in [-0.25, -0.2) is 9.78 Å². The zero-order chi connectivity index (χ0) is 22.7. The Balaban J connectivity index is 1.16. The lowest BCUT2D eigenvalue weighted by Crippen LogP contribution is -2.59. The topological polar surface area (TPSA) is 97.6 Å². The van der Waals surface area contributed by atoms with Crippen molar-refractivity contribution in [1.82, 2.24) is 9.88 Å². The highest BCUT2D eigenvalue weighted by Crippen LogP contribution is 2.60. The van der Waals surface area contributed by atoms with Crippen molar-refractivity contribution in [2.75, 3.05) is 18.4 Å². The van der Waals surface area contributed by atoms with Crippen LogP contribution in [-0.2, 0) is 15.7 Å². The summed E-state index contributed by atoms with van der Waals surface area (Å²) in [5.41, 5.74) is 4.51. The van der Waals surface area contributed by atoms with Crippen molar-refractivity contribution in [1.29, 1.82) is 0 Å². The standard InChI is InChI=1S/C22H27F3N4O3/c23-22(24,25)15-1-2-17(27-10-15)28-16-3-4-29(11-16)20(31)32-18-13-5-12-6-14(18)9-21(7-12,8-13)19(26)30/h1-2,10,12-14,16,18H,3-9,11H2,(H2,26,30)(H,27,28)/t12?,13-,14?,16?,18?,21?/m1/s1. The van der Waals surface area contributed by atoms with Crippen LogP contribution in [0.5, 0.6) is 0 Å². The first-order valence-electron chi connectivity index (χ1n) is 11.2. The third-order valence-corrected chi connectivity index (χ3v) is 7.84. The minimum atomic E-state index is -4.42. The molecule has 0 aromatic carbocycles. The Morgan fingerprint density at radius 1 is 1.19 bits per heavy atom. The number of alkyl halides is 3. The number of nitrogens with zero attached hydrogens (tertiary/aromatic N) is 2. The molecule has 32 heavy (non-hydrogen) atoms. The van der Waals surface area contributed by atoms with Gasteiger partial charge in [0.1, 0.15) is 11.9 Å². The van der Waals surface area contributed by atoms with E-state index in [1.165, 1.54) is 6.07 Å². The fourth-order valence-electron chi connectivity index (χ4n) is 6.56. The molecule has 6 rings (SSSR count). The second-order valence-corrected chi connectivity index (χ2v) is 9.97. The van der Waals surface area contributed by atoms with Gasteiger partial charge in [0.15, 0.2) is 0 Å². The zero-order valence-electron chi connectivity index (χ0n) is 17.6. The first kappa shape index (κ1) is 21.3. The molecular formula is C22H27F3N4O3. The van der Waals surface area contributed by atoms with Crippen LogP contribution in [0.3, 0.4) is 0 Å². The summed E-state index contributed by atoms with van der Waals surface area (Å²) in [5, 5.41) is 3.10. The molecule has 4 aliphatic carbocycles. The predicted octanol–water partition coefficient (Wildman–Crippen LogP) is 3.40. The molecule has 2 heterocycles. The van der Waals surface area contributed by atoms with Gasteiger partial charge in [-0.15, -0.1) is 0 Å². The van der Waals surface area contributed by atoms with Gasteiger partial charge in [0.25, 0.3) is 0 Å². The SMILES string of the molecule is NC(=O)C12CC3CC(C1)C(OC(=O)N1CCC(Nc4ccc(C(F)(F)F)cn4)C1)[C@H](C3)C2. The van der Waals surface area contributed by atoms with Crippen molar-refractivity contribution in [3.8, 4) is 0 Å². The van der Waals surface area contributed by atoms with Crippen LogP contribution in [0, 0.1) is 23.2 Å². The smallest absolute Gasteiger partial charge is 0.417 e. The summed E-state index contributed by atoms with van der Waals surface area (Å²) in [4.78, 5) is 30.4. The fraction of sp³-hybridized carbons (Fsp3) is 0.682. The van der Waals surface area contributed by atoms with Crippen molar-refractivity contribution >= 4 is 17.8 Å². The van der Waals surface area contributed by atoms with Crippen LogP contribution in [0.25, 0.3) is 0 Å². The van der Waals surface area contributed by atoms with E-state index in [4.69, 9.17) is 10.5 Å². The number of carbonyl (C=O) groups excluding carboxylic acids is 2. The normalized spacial score (nSPS) is 35.7. The summed E-state index contributed by atoms with van der Waals surface area (Å²) in [6, 6.07) is 2.18. The molecule has 5 fully saturated rings. The van der Waals surface area contributed by atoms with Gasteiger partial charge in [0, 0.05) is 25.3 Å². The highest BCUT2D eigenvalue weighted by atomic mass is 19.4. The van der Waals surface area contributed by atoms with E-state index in [0.717, 1.165) is 31.5 Å². The van der Waals surface area contributed by atoms with Crippen LogP contribution in [0.15, 0.2) is 18.3 Å². The molecule has 1 aromatic rings. The summed E-state index contributed by atoms with van der Waals surface area (Å²) < 4.78 is 44.0. The van der Waals surface area contributed by atoms with Gasteiger partial charge >= 0.3 is 12.3 Å². The first-order valence-corrected chi connectivity index (χ1v) is 11.2. The van der Waals surface area contributed by atoms with Crippen LogP contribution in [0.2, 0.25) is 0 Å². The molecular weight excluding hydrogens is 425 g/mol. The molecule has 0 radical (unpaired) electrons. The number of anilines is 1. The maximum absolute atomic E-state index is 12.8. The minimum absolute atomic E-state index is 0.108. The van der Waals surface area contributed by atoms with E-state index in [2.05, 4.69) is 10.3 Å². The number of halogens is 3. The molecule has 1 aliphatic heterocycles. The predicted molar refractivity (Wildman–Crippen MR) is 108 cm³/mol. The van der Waals surface area contributed by atoms with Crippen LogP contribution in [0.4, 0.5) is 23.8 Å². The number of hydrogen-bond donors (Lipinski definition) is 2. The third-order valence-electron chi connectivity index (χ3n) is 7.84. The summed E-state index contributed by atoms with van der Waals surface area (Å²) >= 11 is 0. The molecule has 5 unspecified atom stereocenters. The van der Waals surface area contributed by atoms with Gasteiger partial charge in [-0.2, -0.15) is 13.2 Å². The Labute approximate surface area is 183 Å². The molecule has 1 aromatic heterocycles. The van der Waals surface area contributed by atoms with Crippen molar-refractivity contribution in [3.05, 3.63) is 23.9 Å². The Kier molecular flexibility index (Phi) is 5.01. The van der Waals surface area contributed by atoms with Crippen LogP contribution in [0.1, 0.15) is 44.1 Å². The van der Waals surface area contributed by atoms with E-state index in [0.29, 0.717) is 44.1 Å². The second-order valence-electron chi connectivity index (χ2n) is 9.97. The lowest BCUT2D eigenvalue weighted by atomic mass is 9.48. The van der Waals surface area contributed by atoms with Crippen molar-refractivity contribution in [3.63, 3.8) is 0 Å². The summed E-state index contributed by atoms with van der Waals surface area (Å²) in [6.07, 6.45) is 0.739. The molecule has 3 N–H and O–H groups in total. The van der Waals surface area contributed by atoms with E-state index in [-0.39, 0.29) is 36.0 Å². The molecule has 5 aliphatic rings. The number of likely N-dealkylation sites (tertiary alicyclic amines) is 1. The average molecular weight is 452 g/mol.